The van der Waals surface area contributed by atoms with E-state index in [9.17, 15) is 4.39 Å². The lowest BCUT2D eigenvalue weighted by atomic mass is 9.80. The van der Waals surface area contributed by atoms with Gasteiger partial charge in [0.05, 0.1) is 18.6 Å². The normalized spacial score (nSPS) is 28.9. The van der Waals surface area contributed by atoms with Crippen molar-refractivity contribution in [2.24, 2.45) is 16.5 Å². The molecule has 2 heterocycles. The van der Waals surface area contributed by atoms with E-state index in [-0.39, 0.29) is 17.5 Å². The molecule has 0 radical (unpaired) electrons. The molecule has 1 unspecified atom stereocenters. The minimum absolute atomic E-state index is 0.207. The van der Waals surface area contributed by atoms with E-state index in [0.717, 1.165) is 0 Å². The molecule has 3 rings (SSSR count). The molecule has 0 spiro atoms. The average Bonchev–Trinajstić information content (AvgIpc) is 2.42. The molecule has 0 saturated carbocycles. The Kier molecular flexibility index (Phi) is 2.67. The number of hydrogen-bond donors (Lipinski definition) is 3. The van der Waals surface area contributed by atoms with E-state index in [2.05, 4.69) is 10.3 Å². The van der Waals surface area contributed by atoms with Crippen molar-refractivity contribution < 1.29 is 9.13 Å². The van der Waals surface area contributed by atoms with Crippen LogP contribution in [0.3, 0.4) is 0 Å². The van der Waals surface area contributed by atoms with Crippen LogP contribution in [0.5, 0.6) is 5.75 Å². The third kappa shape index (κ3) is 1.76. The molecule has 5 N–H and O–H groups in total. The fraction of sp³-hybridized carbons (Fsp3) is 0.308. The van der Waals surface area contributed by atoms with E-state index < -0.39 is 5.66 Å². The first-order chi connectivity index (χ1) is 9.13. The summed E-state index contributed by atoms with van der Waals surface area (Å²) in [5, 5.41) is 2.80. The molecular formula is C13H15FN4O. The van der Waals surface area contributed by atoms with Gasteiger partial charge in [-0.25, -0.2) is 9.38 Å². The Hall–Kier alpha value is -2.08. The number of benzene rings is 1. The number of fused-ring (bicyclic) bond motifs is 1. The summed E-state index contributed by atoms with van der Waals surface area (Å²) in [5.74, 6) is -0.335. The number of para-hydroxylation sites is 1. The van der Waals surface area contributed by atoms with E-state index in [4.69, 9.17) is 16.2 Å². The Balaban J connectivity index is 2.09. The third-order valence-electron chi connectivity index (χ3n) is 3.61. The largest absolute Gasteiger partial charge is 0.490 e. The quantitative estimate of drug-likeness (QED) is 0.698. The van der Waals surface area contributed by atoms with Crippen LogP contribution in [-0.4, -0.2) is 18.6 Å². The highest BCUT2D eigenvalue weighted by molar-refractivity contribution is 5.61. The molecule has 0 aliphatic carbocycles. The van der Waals surface area contributed by atoms with E-state index in [1.807, 2.05) is 6.07 Å². The third-order valence-corrected chi connectivity index (χ3v) is 3.61. The molecule has 19 heavy (non-hydrogen) atoms. The van der Waals surface area contributed by atoms with Gasteiger partial charge >= 0.3 is 0 Å². The molecule has 0 amide bonds. The first-order valence-electron chi connectivity index (χ1n) is 6.09. The molecule has 1 aromatic rings. The van der Waals surface area contributed by atoms with Crippen molar-refractivity contribution in [3.05, 3.63) is 41.5 Å². The van der Waals surface area contributed by atoms with Crippen molar-refractivity contribution in [2.75, 3.05) is 6.61 Å². The van der Waals surface area contributed by atoms with Crippen LogP contribution in [0.2, 0.25) is 0 Å². The van der Waals surface area contributed by atoms with Gasteiger partial charge in [-0.2, -0.15) is 0 Å². The maximum Gasteiger partial charge on any atom is 0.165 e. The highest BCUT2D eigenvalue weighted by Gasteiger charge is 2.42. The summed E-state index contributed by atoms with van der Waals surface area (Å²) in [6, 6.07) is 4.82. The van der Waals surface area contributed by atoms with E-state index >= 15 is 0 Å². The SMILES string of the molecule is NC1=CNC=NC1(N)[C@@H]1CCOc2c(F)cccc21. The van der Waals surface area contributed by atoms with Crippen molar-refractivity contribution in [1.29, 1.82) is 0 Å². The maximum absolute atomic E-state index is 13.8. The molecule has 0 aromatic heterocycles. The molecule has 1 aromatic carbocycles. The first-order valence-corrected chi connectivity index (χ1v) is 6.09. The zero-order chi connectivity index (χ0) is 13.5. The minimum Gasteiger partial charge on any atom is -0.490 e. The molecule has 2 atom stereocenters. The summed E-state index contributed by atoms with van der Waals surface area (Å²) < 4.78 is 19.2. The number of ether oxygens (including phenoxy) is 1. The summed E-state index contributed by atoms with van der Waals surface area (Å²) >= 11 is 0. The number of hydrogen-bond acceptors (Lipinski definition) is 5. The van der Waals surface area contributed by atoms with Gasteiger partial charge in [0.1, 0.15) is 0 Å². The minimum atomic E-state index is -1.06. The Labute approximate surface area is 110 Å². The van der Waals surface area contributed by atoms with Crippen LogP contribution >= 0.6 is 0 Å². The summed E-state index contributed by atoms with van der Waals surface area (Å²) in [4.78, 5) is 4.26. The topological polar surface area (TPSA) is 85.7 Å². The van der Waals surface area contributed by atoms with Crippen LogP contribution in [0.15, 0.2) is 35.1 Å². The number of rotatable bonds is 1. The highest BCUT2D eigenvalue weighted by Crippen LogP contribution is 2.43. The van der Waals surface area contributed by atoms with Crippen molar-refractivity contribution in [2.45, 2.75) is 18.0 Å². The molecule has 0 bridgehead atoms. The zero-order valence-corrected chi connectivity index (χ0v) is 10.3. The summed E-state index contributed by atoms with van der Waals surface area (Å²) in [6.45, 7) is 0.397. The van der Waals surface area contributed by atoms with Crippen LogP contribution in [0, 0.1) is 5.82 Å². The smallest absolute Gasteiger partial charge is 0.165 e. The van der Waals surface area contributed by atoms with Gasteiger partial charge < -0.3 is 21.5 Å². The average molecular weight is 262 g/mol. The Bertz CT molecular complexity index is 572. The van der Waals surface area contributed by atoms with Gasteiger partial charge in [0.2, 0.25) is 0 Å². The van der Waals surface area contributed by atoms with Crippen LogP contribution in [0.1, 0.15) is 17.9 Å². The fourth-order valence-electron chi connectivity index (χ4n) is 2.60. The lowest BCUT2D eigenvalue weighted by molar-refractivity contribution is 0.224. The van der Waals surface area contributed by atoms with Crippen LogP contribution in [0.25, 0.3) is 0 Å². The van der Waals surface area contributed by atoms with E-state index in [1.165, 1.54) is 12.4 Å². The van der Waals surface area contributed by atoms with Crippen molar-refractivity contribution in [3.8, 4) is 5.75 Å². The number of aliphatic imine (C=N–C) groups is 1. The van der Waals surface area contributed by atoms with Gasteiger partial charge in [-0.05, 0) is 12.5 Å². The van der Waals surface area contributed by atoms with Gasteiger partial charge in [0, 0.05) is 17.7 Å². The number of halogens is 1. The molecule has 100 valence electrons. The summed E-state index contributed by atoms with van der Waals surface area (Å²) in [6.07, 6.45) is 3.76. The zero-order valence-electron chi connectivity index (χ0n) is 10.3. The van der Waals surface area contributed by atoms with Crippen LogP contribution < -0.4 is 21.5 Å². The molecule has 2 aliphatic rings. The molecule has 0 fully saturated rings. The van der Waals surface area contributed by atoms with E-state index in [0.29, 0.717) is 24.3 Å². The number of nitrogens with two attached hydrogens (primary N) is 2. The number of nitrogens with zero attached hydrogens (tertiary/aromatic N) is 1. The monoisotopic (exact) mass is 262 g/mol. The van der Waals surface area contributed by atoms with Crippen molar-refractivity contribution >= 4 is 6.34 Å². The molecule has 2 aliphatic heterocycles. The number of nitrogens with one attached hydrogen (secondary N) is 1. The summed E-state index contributed by atoms with van der Waals surface area (Å²) in [7, 11) is 0. The second-order valence-electron chi connectivity index (χ2n) is 4.70. The summed E-state index contributed by atoms with van der Waals surface area (Å²) in [5.41, 5.74) is 12.4. The molecule has 0 saturated heterocycles. The fourth-order valence-corrected chi connectivity index (χ4v) is 2.60. The van der Waals surface area contributed by atoms with Crippen LogP contribution in [0.4, 0.5) is 4.39 Å². The predicted molar refractivity (Wildman–Crippen MR) is 70.1 cm³/mol. The first kappa shape index (κ1) is 12.0. The van der Waals surface area contributed by atoms with E-state index in [1.54, 1.807) is 12.3 Å². The highest BCUT2D eigenvalue weighted by atomic mass is 19.1. The predicted octanol–water partition coefficient (Wildman–Crippen LogP) is 0.778. The standard InChI is InChI=1S/C13H15FN4O/c14-10-3-1-2-8-9(4-5-19-12(8)10)13(16)11(15)6-17-7-18-13/h1-3,6-7,9H,4-5,15-16H2,(H,17,18)/t9-,13?/m1/s1. The Morgan fingerprint density at radius 1 is 1.47 bits per heavy atom. The van der Waals surface area contributed by atoms with Crippen molar-refractivity contribution in [1.82, 2.24) is 5.32 Å². The van der Waals surface area contributed by atoms with Gasteiger partial charge in [-0.3, -0.25) is 0 Å². The molecule has 5 nitrogen and oxygen atoms in total. The molecule has 6 heteroatoms. The lowest BCUT2D eigenvalue weighted by Crippen LogP contribution is -2.52. The second kappa shape index (κ2) is 4.24. The van der Waals surface area contributed by atoms with Gasteiger partial charge in [-0.15, -0.1) is 0 Å². The molecular weight excluding hydrogens is 247 g/mol. The lowest BCUT2D eigenvalue weighted by Gasteiger charge is -2.39. The van der Waals surface area contributed by atoms with Gasteiger partial charge in [-0.1, -0.05) is 12.1 Å². The van der Waals surface area contributed by atoms with Gasteiger partial charge in [0.15, 0.2) is 17.2 Å². The van der Waals surface area contributed by atoms with Crippen molar-refractivity contribution in [3.63, 3.8) is 0 Å². The Morgan fingerprint density at radius 3 is 3.11 bits per heavy atom. The Morgan fingerprint density at radius 2 is 2.32 bits per heavy atom. The van der Waals surface area contributed by atoms with Crippen LogP contribution in [-0.2, 0) is 0 Å². The second-order valence-corrected chi connectivity index (χ2v) is 4.70. The maximum atomic E-state index is 13.8. The van der Waals surface area contributed by atoms with Gasteiger partial charge in [0.25, 0.3) is 0 Å².